The molecule has 16 heteroatoms. The van der Waals surface area contributed by atoms with Gasteiger partial charge >= 0.3 is 13.5 Å². The molecule has 1 fully saturated rings. The molecule has 0 amide bonds. The quantitative estimate of drug-likeness (QED) is 0.0277. The molecule has 14 nitrogen and oxygen atoms in total. The first-order valence-corrected chi connectivity index (χ1v) is 23.3. The van der Waals surface area contributed by atoms with E-state index in [-0.39, 0.29) is 5.78 Å². The number of carbonyl (C=O) groups is 1. The molecule has 61 heavy (non-hydrogen) atoms. The van der Waals surface area contributed by atoms with Crippen LogP contribution >= 0.6 is 7.82 Å². The van der Waals surface area contributed by atoms with Crippen LogP contribution < -0.4 is 21.6 Å². The Bertz CT molecular complexity index is 2410. The predicted octanol–water partition coefficient (Wildman–Crippen LogP) is 6.01. The van der Waals surface area contributed by atoms with Gasteiger partial charge in [-0.05, 0) is 42.9 Å². The van der Waals surface area contributed by atoms with Gasteiger partial charge in [-0.25, -0.2) is 14.2 Å². The van der Waals surface area contributed by atoms with Crippen LogP contribution in [0.15, 0.2) is 131 Å². The van der Waals surface area contributed by atoms with Crippen molar-refractivity contribution in [1.82, 2.24) is 9.55 Å². The maximum absolute atomic E-state index is 13.1. The van der Waals surface area contributed by atoms with Gasteiger partial charge in [0.2, 0.25) is 5.78 Å². The Morgan fingerprint density at radius 2 is 1.52 bits per heavy atom. The summed E-state index contributed by atoms with van der Waals surface area (Å²) in [6.45, 7) is 7.80. The third kappa shape index (κ3) is 10.5. The van der Waals surface area contributed by atoms with Crippen molar-refractivity contribution in [1.29, 1.82) is 5.26 Å². The molecule has 1 saturated heterocycles. The zero-order valence-corrected chi connectivity index (χ0v) is 36.9. The summed E-state index contributed by atoms with van der Waals surface area (Å²) in [5.74, 6) is -2.07. The van der Waals surface area contributed by atoms with E-state index in [2.05, 4.69) is 31.8 Å². The first-order chi connectivity index (χ1) is 29.0. The number of aromatic nitrogens is 2. The van der Waals surface area contributed by atoms with Gasteiger partial charge in [-0.3, -0.25) is 23.7 Å². The van der Waals surface area contributed by atoms with Gasteiger partial charge in [-0.2, -0.15) is 10.1 Å². The van der Waals surface area contributed by atoms with Crippen LogP contribution in [0.4, 0.5) is 0 Å². The number of nitrogens with one attached hydrogen (secondary N) is 1. The van der Waals surface area contributed by atoms with Crippen LogP contribution in [0.25, 0.3) is 0 Å². The summed E-state index contributed by atoms with van der Waals surface area (Å²) in [5.41, 5.74) is 0.169. The third-order valence-electron chi connectivity index (χ3n) is 10.8. The molecule has 4 aromatic carbocycles. The van der Waals surface area contributed by atoms with Crippen molar-refractivity contribution < 1.29 is 42.9 Å². The van der Waals surface area contributed by atoms with Crippen LogP contribution in [-0.2, 0) is 40.5 Å². The summed E-state index contributed by atoms with van der Waals surface area (Å²) in [4.78, 5) is 70.2. The zero-order chi connectivity index (χ0) is 44.4. The summed E-state index contributed by atoms with van der Waals surface area (Å²) in [6, 6.07) is 37.5. The van der Waals surface area contributed by atoms with Crippen LogP contribution in [0.3, 0.4) is 0 Å². The number of hydrogen-bond donors (Lipinski definition) is 3. The second-order valence-corrected chi connectivity index (χ2v) is 21.6. The fourth-order valence-electron chi connectivity index (χ4n) is 8.13. The van der Waals surface area contributed by atoms with Gasteiger partial charge in [-0.1, -0.05) is 140 Å². The monoisotopic (exact) mass is 869 g/mol. The van der Waals surface area contributed by atoms with Gasteiger partial charge in [0.15, 0.2) is 8.07 Å². The highest BCUT2D eigenvalue weighted by Gasteiger charge is 2.59. The number of aryl methyl sites for hydroxylation is 2. The number of H-pyrrole nitrogens is 1. The molecule has 4 atom stereocenters. The minimum absolute atomic E-state index is 0.363. The van der Waals surface area contributed by atoms with E-state index < -0.39 is 56.0 Å². The molecule has 322 valence electrons. The number of ether oxygens (including phenoxy) is 2. The Balaban J connectivity index is 0.000000254. The molecule has 1 aliphatic rings. The number of phosphoric ester groups is 1. The third-order valence-corrected chi connectivity index (χ3v) is 17.7. The second-order valence-electron chi connectivity index (χ2n) is 15.6. The van der Waals surface area contributed by atoms with Crippen LogP contribution in [0, 0.1) is 18.3 Å². The number of carbonyl (C=O) groups excluding carboxylic acids is 1. The summed E-state index contributed by atoms with van der Waals surface area (Å²) in [5, 5.41) is 10.2. The molecule has 2 unspecified atom stereocenters. The molecule has 0 aliphatic carbocycles. The summed E-state index contributed by atoms with van der Waals surface area (Å²) >= 11 is 0. The number of hydrogen-bond acceptors (Lipinski definition) is 10. The standard InChI is InChI=1S/C26H33N2O7PSi.C19H19NO4/c1-18-17-28(25(30)27-23(18)29)22-16-15-21(34-22)24(35-36(31,32)33)37(26(2,3)4,19-11-7-5-8-12-19)20-13-9-6-10-14-20;1-22-19(24-23-2,17-11-4-3-5-12-17)18(21)16-10-6-8-15(14-16)9-7-13-20/h5-14,17,21-22,24H,15-16H2,1-4H3,(H,27,29,30)(H2,31,32,33);3-6,8,10-12,14H,7,9H2,1-2H3/t21-,22+,24?;/m0./s1. The van der Waals surface area contributed by atoms with E-state index in [4.69, 9.17) is 29.0 Å². The van der Waals surface area contributed by atoms with Gasteiger partial charge in [0.25, 0.3) is 11.3 Å². The smallest absolute Gasteiger partial charge is 0.352 e. The highest BCUT2D eigenvalue weighted by atomic mass is 31.2. The second kappa shape index (κ2) is 20.2. The topological polar surface area (TPSA) is 199 Å². The van der Waals surface area contributed by atoms with Gasteiger partial charge < -0.3 is 19.3 Å². The Hall–Kier alpha value is -5.11. The predicted molar refractivity (Wildman–Crippen MR) is 232 cm³/mol. The first kappa shape index (κ1) is 46.9. The van der Waals surface area contributed by atoms with E-state index in [1.807, 2.05) is 72.8 Å². The lowest BCUT2D eigenvalue weighted by Gasteiger charge is -2.50. The van der Waals surface area contributed by atoms with E-state index in [0.717, 1.165) is 15.9 Å². The molecular weight excluding hydrogens is 818 g/mol. The van der Waals surface area contributed by atoms with Crippen molar-refractivity contribution in [3.63, 3.8) is 0 Å². The van der Waals surface area contributed by atoms with E-state index in [1.54, 1.807) is 49.4 Å². The Kier molecular flexibility index (Phi) is 15.5. The van der Waals surface area contributed by atoms with Crippen molar-refractivity contribution in [2.24, 2.45) is 0 Å². The molecule has 0 spiro atoms. The Morgan fingerprint density at radius 3 is 2.05 bits per heavy atom. The minimum Gasteiger partial charge on any atom is -0.352 e. The van der Waals surface area contributed by atoms with Gasteiger partial charge in [-0.15, -0.1) is 0 Å². The lowest BCUT2D eigenvalue weighted by atomic mass is 9.94. The lowest BCUT2D eigenvalue weighted by molar-refractivity contribution is -0.397. The number of ketones is 1. The van der Waals surface area contributed by atoms with E-state index in [1.165, 1.54) is 25.0 Å². The van der Waals surface area contributed by atoms with Crippen molar-refractivity contribution in [2.45, 2.75) is 82.3 Å². The number of nitriles is 1. The summed E-state index contributed by atoms with van der Waals surface area (Å²) < 4.78 is 31.4. The molecule has 2 heterocycles. The SMILES string of the molecule is COOC(OC)(C(=O)c1cccc(CCC#N)c1)c1ccccc1.Cc1cn([C@H]2CC[C@@H](C(OP(=O)(O)O)[Si](c3ccccc3)(c3ccccc3)C(C)(C)C)O2)c(=O)[nH]c1=O. The average molecular weight is 870 g/mol. The van der Waals surface area contributed by atoms with Crippen molar-refractivity contribution >= 4 is 32.1 Å². The first-order valence-electron chi connectivity index (χ1n) is 19.7. The molecule has 1 aromatic heterocycles. The largest absolute Gasteiger partial charge is 0.469 e. The average Bonchev–Trinajstić information content (AvgIpc) is 3.73. The van der Waals surface area contributed by atoms with Crippen LogP contribution in [0.2, 0.25) is 5.04 Å². The molecular formula is C45H52N3O11PSi. The fraction of sp³-hybridized carbons (Fsp3) is 0.333. The van der Waals surface area contributed by atoms with Crippen molar-refractivity contribution in [3.05, 3.63) is 165 Å². The maximum atomic E-state index is 13.1. The van der Waals surface area contributed by atoms with Crippen LogP contribution in [0.5, 0.6) is 0 Å². The lowest BCUT2D eigenvalue weighted by Crippen LogP contribution is -2.74. The highest BCUT2D eigenvalue weighted by molar-refractivity contribution is 7.46. The molecule has 5 aromatic rings. The van der Waals surface area contributed by atoms with Crippen LogP contribution in [0.1, 0.15) is 73.3 Å². The minimum atomic E-state index is -4.96. The molecule has 0 bridgehead atoms. The van der Waals surface area contributed by atoms with Crippen molar-refractivity contribution in [3.8, 4) is 6.07 Å². The highest BCUT2D eigenvalue weighted by Crippen LogP contribution is 2.49. The van der Waals surface area contributed by atoms with E-state index >= 15 is 0 Å². The molecule has 0 radical (unpaired) electrons. The molecule has 3 N–H and O–H groups in total. The van der Waals surface area contributed by atoms with E-state index in [9.17, 15) is 28.7 Å². The maximum Gasteiger partial charge on any atom is 0.469 e. The number of rotatable bonds is 15. The summed E-state index contributed by atoms with van der Waals surface area (Å²) in [6.07, 6.45) is 1.81. The van der Waals surface area contributed by atoms with Gasteiger partial charge in [0, 0.05) is 36.4 Å². The Morgan fingerprint density at radius 1 is 0.934 bits per heavy atom. The fourth-order valence-corrected chi connectivity index (χ4v) is 15.4. The molecule has 6 rings (SSSR count). The number of aromatic amines is 1. The van der Waals surface area contributed by atoms with Gasteiger partial charge in [0.1, 0.15) is 6.23 Å². The van der Waals surface area contributed by atoms with E-state index in [0.29, 0.717) is 42.4 Å². The van der Waals surface area contributed by atoms with Crippen molar-refractivity contribution in [2.75, 3.05) is 14.2 Å². The summed E-state index contributed by atoms with van der Waals surface area (Å²) in [7, 11) is -5.44. The Labute approximate surface area is 355 Å². The molecule has 0 saturated carbocycles. The number of nitrogens with zero attached hydrogens (tertiary/aromatic N) is 2. The van der Waals surface area contributed by atoms with Gasteiger partial charge in [0.05, 0.1) is 25.0 Å². The number of phosphoric acid groups is 1. The van der Waals surface area contributed by atoms with Crippen LogP contribution in [-0.4, -0.2) is 59.2 Å². The normalized spacial score (nSPS) is 17.0. The number of benzene rings is 4. The number of Topliss-reactive ketones (excluding diaryl/α,β-unsaturated/α-hetero) is 1. The number of methoxy groups -OCH3 is 1. The molecule has 1 aliphatic heterocycles. The zero-order valence-electron chi connectivity index (χ0n) is 35.0.